The topological polar surface area (TPSA) is 93.6 Å². The molecule has 0 bridgehead atoms. The van der Waals surface area contributed by atoms with E-state index in [4.69, 9.17) is 4.98 Å². The van der Waals surface area contributed by atoms with Crippen molar-refractivity contribution < 1.29 is 4.79 Å². The number of pyridine rings is 3. The smallest absolute Gasteiger partial charge is 0.222 e. The summed E-state index contributed by atoms with van der Waals surface area (Å²) in [4.78, 5) is 33.8. The minimum atomic E-state index is -0.215. The van der Waals surface area contributed by atoms with Crippen LogP contribution >= 0.6 is 0 Å². The third-order valence-corrected chi connectivity index (χ3v) is 4.72. The minimum absolute atomic E-state index is 0.171. The van der Waals surface area contributed by atoms with Crippen molar-refractivity contribution in [2.24, 2.45) is 0 Å². The molecule has 0 aliphatic rings. The number of nitrogens with zero attached hydrogens (tertiary/aromatic N) is 5. The fourth-order valence-corrected chi connectivity index (χ4v) is 3.53. The van der Waals surface area contributed by atoms with Crippen LogP contribution in [-0.4, -0.2) is 30.8 Å². The lowest BCUT2D eigenvalue weighted by Crippen LogP contribution is -2.18. The lowest BCUT2D eigenvalue weighted by atomic mass is 9.78. The molecule has 30 heavy (non-hydrogen) atoms. The first-order valence-electron chi connectivity index (χ1n) is 9.52. The number of nitrogens with one attached hydrogen (secondary N) is 1. The Morgan fingerprint density at radius 3 is 2.00 bits per heavy atom. The summed E-state index contributed by atoms with van der Waals surface area (Å²) in [5.74, 6) is -0.0849. The fraction of sp³-hybridized carbons (Fsp3) is 0.130. The van der Waals surface area contributed by atoms with Crippen molar-refractivity contribution in [3.8, 4) is 0 Å². The van der Waals surface area contributed by atoms with Crippen molar-refractivity contribution in [2.45, 2.75) is 18.8 Å². The summed E-state index contributed by atoms with van der Waals surface area (Å²) in [6, 6.07) is 13.4. The minimum Gasteiger partial charge on any atom is -0.311 e. The van der Waals surface area contributed by atoms with Gasteiger partial charge in [0.2, 0.25) is 5.91 Å². The summed E-state index contributed by atoms with van der Waals surface area (Å²) in [5, 5.41) is 2.76. The molecule has 0 spiro atoms. The number of rotatable bonds is 6. The summed E-state index contributed by atoms with van der Waals surface area (Å²) >= 11 is 0. The molecule has 0 aliphatic carbocycles. The first-order chi connectivity index (χ1) is 14.7. The molecule has 4 rings (SSSR count). The van der Waals surface area contributed by atoms with Crippen molar-refractivity contribution >= 4 is 11.7 Å². The lowest BCUT2D eigenvalue weighted by molar-refractivity contribution is -0.114. The van der Waals surface area contributed by atoms with Gasteiger partial charge in [-0.2, -0.15) is 0 Å². The molecule has 0 saturated heterocycles. The van der Waals surface area contributed by atoms with Crippen molar-refractivity contribution in [1.29, 1.82) is 0 Å². The summed E-state index contributed by atoms with van der Waals surface area (Å²) in [6.07, 6.45) is 12.2. The second-order valence-corrected chi connectivity index (χ2v) is 6.79. The van der Waals surface area contributed by atoms with Gasteiger partial charge >= 0.3 is 0 Å². The van der Waals surface area contributed by atoms with Gasteiger partial charge in [-0.15, -0.1) is 0 Å². The lowest BCUT2D eigenvalue weighted by Gasteiger charge is -2.27. The van der Waals surface area contributed by atoms with Crippen molar-refractivity contribution in [2.75, 3.05) is 5.32 Å². The first kappa shape index (κ1) is 19.3. The zero-order chi connectivity index (χ0) is 20.8. The number of carbonyl (C=O) groups is 1. The molecule has 0 radical (unpaired) electrons. The van der Waals surface area contributed by atoms with E-state index in [0.717, 1.165) is 22.5 Å². The van der Waals surface area contributed by atoms with E-state index >= 15 is 0 Å². The SMILES string of the molecule is CC(=O)Nc1cccc(C(c2cccnc2)C(c2cccnc2)c2cnccn2)n1. The normalized spacial score (nSPS) is 12.7. The molecule has 4 aromatic heterocycles. The summed E-state index contributed by atoms with van der Waals surface area (Å²) in [5.41, 5.74) is 3.54. The monoisotopic (exact) mass is 396 g/mol. The maximum Gasteiger partial charge on any atom is 0.222 e. The van der Waals surface area contributed by atoms with Crippen LogP contribution < -0.4 is 5.32 Å². The Kier molecular flexibility index (Phi) is 5.80. The third kappa shape index (κ3) is 4.35. The third-order valence-electron chi connectivity index (χ3n) is 4.72. The molecule has 2 unspecified atom stereocenters. The highest BCUT2D eigenvalue weighted by atomic mass is 16.1. The summed E-state index contributed by atoms with van der Waals surface area (Å²) in [6.45, 7) is 1.46. The number of amides is 1. The van der Waals surface area contributed by atoms with E-state index in [1.54, 1.807) is 37.1 Å². The van der Waals surface area contributed by atoms with Gasteiger partial charge in [-0.05, 0) is 35.4 Å². The Morgan fingerprint density at radius 1 is 0.767 bits per heavy atom. The van der Waals surface area contributed by atoms with Crippen LogP contribution in [0.1, 0.15) is 41.3 Å². The van der Waals surface area contributed by atoms with Gasteiger partial charge in [0.05, 0.1) is 11.4 Å². The molecule has 0 saturated carbocycles. The quantitative estimate of drug-likeness (QED) is 0.535. The van der Waals surface area contributed by atoms with Crippen LogP contribution in [0.5, 0.6) is 0 Å². The van der Waals surface area contributed by atoms with Crippen LogP contribution in [0.4, 0.5) is 5.82 Å². The van der Waals surface area contributed by atoms with Crippen LogP contribution in [-0.2, 0) is 4.79 Å². The standard InChI is InChI=1S/C23H20N6O/c1-16(30)28-21-8-2-7-19(29-21)22(17-5-3-9-24-13-17)23(18-6-4-10-25-14-18)20-15-26-11-12-27-20/h2-15,22-23H,1H3,(H,28,29,30). The molecule has 4 aromatic rings. The van der Waals surface area contributed by atoms with Gasteiger partial charge in [-0.1, -0.05) is 18.2 Å². The van der Waals surface area contributed by atoms with Crippen molar-refractivity contribution in [3.05, 3.63) is 108 Å². The van der Waals surface area contributed by atoms with Crippen LogP contribution in [0.15, 0.2) is 85.8 Å². The van der Waals surface area contributed by atoms with Gasteiger partial charge in [0.15, 0.2) is 0 Å². The molecule has 7 nitrogen and oxygen atoms in total. The fourth-order valence-electron chi connectivity index (χ4n) is 3.53. The van der Waals surface area contributed by atoms with Gasteiger partial charge in [0, 0.05) is 62.1 Å². The highest BCUT2D eigenvalue weighted by Gasteiger charge is 2.31. The Morgan fingerprint density at radius 2 is 1.43 bits per heavy atom. The molecular formula is C23H20N6O. The van der Waals surface area contributed by atoms with Gasteiger partial charge in [-0.25, -0.2) is 4.98 Å². The van der Waals surface area contributed by atoms with E-state index in [-0.39, 0.29) is 17.7 Å². The number of hydrogen-bond acceptors (Lipinski definition) is 6. The Labute approximate surface area is 174 Å². The Balaban J connectivity index is 1.91. The highest BCUT2D eigenvalue weighted by Crippen LogP contribution is 2.41. The summed E-state index contributed by atoms with van der Waals surface area (Å²) in [7, 11) is 0. The van der Waals surface area contributed by atoms with Crippen LogP contribution in [0.25, 0.3) is 0 Å². The van der Waals surface area contributed by atoms with Crippen molar-refractivity contribution in [3.63, 3.8) is 0 Å². The molecular weight excluding hydrogens is 376 g/mol. The predicted molar refractivity (Wildman–Crippen MR) is 113 cm³/mol. The Hall–Kier alpha value is -4.00. The van der Waals surface area contributed by atoms with Crippen LogP contribution in [0.2, 0.25) is 0 Å². The van der Waals surface area contributed by atoms with Crippen LogP contribution in [0, 0.1) is 0 Å². The maximum absolute atomic E-state index is 11.6. The zero-order valence-electron chi connectivity index (χ0n) is 16.4. The van der Waals surface area contributed by atoms with E-state index in [1.807, 2.05) is 48.8 Å². The molecule has 148 valence electrons. The van der Waals surface area contributed by atoms with Gasteiger partial charge in [0.1, 0.15) is 5.82 Å². The first-order valence-corrected chi connectivity index (χ1v) is 9.52. The second-order valence-electron chi connectivity index (χ2n) is 6.79. The molecule has 1 amide bonds. The number of aromatic nitrogens is 5. The number of hydrogen-bond donors (Lipinski definition) is 1. The molecule has 2 atom stereocenters. The molecule has 4 heterocycles. The molecule has 0 aromatic carbocycles. The predicted octanol–water partition coefficient (Wildman–Crippen LogP) is 3.58. The largest absolute Gasteiger partial charge is 0.311 e. The van der Waals surface area contributed by atoms with Crippen LogP contribution in [0.3, 0.4) is 0 Å². The molecule has 0 fully saturated rings. The number of carbonyl (C=O) groups excluding carboxylic acids is 1. The van der Waals surface area contributed by atoms with Gasteiger partial charge in [0.25, 0.3) is 0 Å². The summed E-state index contributed by atoms with van der Waals surface area (Å²) < 4.78 is 0. The van der Waals surface area contributed by atoms with E-state index in [2.05, 4.69) is 25.3 Å². The zero-order valence-corrected chi connectivity index (χ0v) is 16.4. The average Bonchev–Trinajstić information content (AvgIpc) is 2.79. The second kappa shape index (κ2) is 9.00. The van der Waals surface area contributed by atoms with Gasteiger partial charge < -0.3 is 5.32 Å². The molecule has 1 N–H and O–H groups in total. The Bertz CT molecular complexity index is 1070. The van der Waals surface area contributed by atoms with E-state index in [0.29, 0.717) is 5.82 Å². The highest BCUT2D eigenvalue weighted by molar-refractivity contribution is 5.87. The van der Waals surface area contributed by atoms with Gasteiger partial charge in [-0.3, -0.25) is 24.7 Å². The van der Waals surface area contributed by atoms with E-state index in [1.165, 1.54) is 6.92 Å². The maximum atomic E-state index is 11.6. The number of anilines is 1. The molecule has 7 heteroatoms. The van der Waals surface area contributed by atoms with E-state index < -0.39 is 0 Å². The van der Waals surface area contributed by atoms with E-state index in [9.17, 15) is 4.79 Å². The molecule has 0 aliphatic heterocycles. The van der Waals surface area contributed by atoms with Crippen molar-refractivity contribution in [1.82, 2.24) is 24.9 Å². The average molecular weight is 396 g/mol.